The minimum absolute atomic E-state index is 0.0383. The molecule has 0 aliphatic heterocycles. The van der Waals surface area contributed by atoms with E-state index in [1.165, 1.54) is 7.11 Å². The molecule has 0 radical (unpaired) electrons. The van der Waals surface area contributed by atoms with Crippen LogP contribution in [-0.4, -0.2) is 74.2 Å². The number of aliphatic hydroxyl groups is 1. The fourth-order valence-corrected chi connectivity index (χ4v) is 7.34. The molecule has 0 aromatic rings. The summed E-state index contributed by atoms with van der Waals surface area (Å²) in [5.74, 6) is -0.459. The minimum atomic E-state index is -3.08. The van der Waals surface area contributed by atoms with E-state index in [1.807, 2.05) is 0 Å². The standard InChI is InChI=1S/C13H24O4S.C12H22O4S.CH4O/c1-13(2,3)18(15,16)9-10-5-7-11(8-6-10)12(14)17-4;1-12(2,3)17(15,16)8-9-4-6-10(7-5-9)11(13)14;1-2/h10-11H,5-9H2,1-4H3;9-10H,4-8H2,1-3H3,(H,13,14);2H,1H3. The number of aliphatic carboxylic acids is 1. The molecule has 0 saturated heterocycles. The van der Waals surface area contributed by atoms with Gasteiger partial charge in [0.25, 0.3) is 0 Å². The van der Waals surface area contributed by atoms with Crippen LogP contribution in [0.15, 0.2) is 0 Å². The monoisotopic (exact) mass is 570 g/mol. The lowest BCUT2D eigenvalue weighted by Gasteiger charge is -2.29. The second-order valence-corrected chi connectivity index (χ2v) is 17.7. The summed E-state index contributed by atoms with van der Waals surface area (Å²) in [7, 11) is -3.74. The van der Waals surface area contributed by atoms with Crippen molar-refractivity contribution in [1.29, 1.82) is 0 Å². The van der Waals surface area contributed by atoms with Crippen molar-refractivity contribution < 1.29 is 41.4 Å². The van der Waals surface area contributed by atoms with Crippen molar-refractivity contribution in [3.8, 4) is 0 Å². The van der Waals surface area contributed by atoms with Gasteiger partial charge in [0, 0.05) is 7.11 Å². The van der Waals surface area contributed by atoms with E-state index >= 15 is 0 Å². The second-order valence-electron chi connectivity index (χ2n) is 12.1. The predicted octanol–water partition coefficient (Wildman–Crippen LogP) is 3.88. The fraction of sp³-hybridized carbons (Fsp3) is 0.923. The summed E-state index contributed by atoms with van der Waals surface area (Å²) < 4.78 is 51.6. The van der Waals surface area contributed by atoms with Gasteiger partial charge in [-0.3, -0.25) is 9.59 Å². The topological polar surface area (TPSA) is 152 Å². The van der Waals surface area contributed by atoms with E-state index in [1.54, 1.807) is 41.5 Å². The van der Waals surface area contributed by atoms with Crippen molar-refractivity contribution in [3.05, 3.63) is 0 Å². The zero-order valence-corrected chi connectivity index (χ0v) is 25.6. The maximum atomic E-state index is 12.1. The summed E-state index contributed by atoms with van der Waals surface area (Å²) in [5.41, 5.74) is 0. The maximum absolute atomic E-state index is 12.1. The number of hydrogen-bond acceptors (Lipinski definition) is 8. The third-order valence-corrected chi connectivity index (χ3v) is 12.9. The summed E-state index contributed by atoms with van der Waals surface area (Å²) in [5, 5.41) is 15.9. The van der Waals surface area contributed by atoms with Gasteiger partial charge in [-0.1, -0.05) is 0 Å². The molecule has 2 saturated carbocycles. The van der Waals surface area contributed by atoms with E-state index in [0.717, 1.165) is 32.8 Å². The lowest BCUT2D eigenvalue weighted by atomic mass is 9.83. The number of methoxy groups -OCH3 is 1. The highest BCUT2D eigenvalue weighted by Gasteiger charge is 2.35. The highest BCUT2D eigenvalue weighted by molar-refractivity contribution is 7.93. The van der Waals surface area contributed by atoms with Crippen LogP contribution >= 0.6 is 0 Å². The predicted molar refractivity (Wildman–Crippen MR) is 146 cm³/mol. The first-order valence-electron chi connectivity index (χ1n) is 13.0. The largest absolute Gasteiger partial charge is 0.481 e. The van der Waals surface area contributed by atoms with E-state index in [9.17, 15) is 26.4 Å². The molecule has 0 unspecified atom stereocenters. The Hall–Kier alpha value is -1.20. The first kappa shape index (κ1) is 35.8. The Kier molecular flexibility index (Phi) is 14.3. The maximum Gasteiger partial charge on any atom is 0.308 e. The Morgan fingerprint density at radius 2 is 0.973 bits per heavy atom. The summed E-state index contributed by atoms with van der Waals surface area (Å²) in [6.07, 6.45) is 5.75. The van der Waals surface area contributed by atoms with Crippen LogP contribution in [0, 0.1) is 23.7 Å². The van der Waals surface area contributed by atoms with Crippen LogP contribution in [0.4, 0.5) is 0 Å². The van der Waals surface area contributed by atoms with Gasteiger partial charge in [0.2, 0.25) is 0 Å². The third kappa shape index (κ3) is 11.6. The van der Waals surface area contributed by atoms with Gasteiger partial charge in [0.15, 0.2) is 19.7 Å². The molecule has 37 heavy (non-hydrogen) atoms. The number of carbonyl (C=O) groups is 2. The zero-order valence-electron chi connectivity index (χ0n) is 23.9. The van der Waals surface area contributed by atoms with Crippen molar-refractivity contribution in [3.63, 3.8) is 0 Å². The number of carboxylic acid groups (broad SMARTS) is 1. The molecular formula is C26H50O9S2. The zero-order chi connectivity index (χ0) is 29.2. The number of hydrogen-bond donors (Lipinski definition) is 2. The van der Waals surface area contributed by atoms with Gasteiger partial charge in [-0.2, -0.15) is 0 Å². The van der Waals surface area contributed by atoms with Crippen molar-refractivity contribution in [2.45, 2.75) is 102 Å². The van der Waals surface area contributed by atoms with E-state index < -0.39 is 35.1 Å². The molecule has 2 rings (SSSR count). The van der Waals surface area contributed by atoms with E-state index in [-0.39, 0.29) is 41.1 Å². The van der Waals surface area contributed by atoms with Crippen LogP contribution in [0.1, 0.15) is 92.9 Å². The van der Waals surface area contributed by atoms with Crippen molar-refractivity contribution in [1.82, 2.24) is 0 Å². The molecule has 220 valence electrons. The number of rotatable bonds is 6. The van der Waals surface area contributed by atoms with Crippen LogP contribution in [-0.2, 0) is 34.0 Å². The Bertz CT molecular complexity index is 910. The van der Waals surface area contributed by atoms with E-state index in [2.05, 4.69) is 0 Å². The molecule has 0 amide bonds. The third-order valence-electron chi connectivity index (χ3n) is 7.35. The first-order valence-corrected chi connectivity index (χ1v) is 16.3. The molecule has 0 atom stereocenters. The fourth-order valence-electron chi connectivity index (χ4n) is 4.43. The summed E-state index contributed by atoms with van der Waals surface area (Å²) in [6, 6.07) is 0. The molecule has 0 heterocycles. The van der Waals surface area contributed by atoms with Crippen LogP contribution < -0.4 is 0 Å². The average Bonchev–Trinajstić information content (AvgIpc) is 2.79. The highest BCUT2D eigenvalue weighted by atomic mass is 32.2. The average molecular weight is 571 g/mol. The number of carboxylic acids is 1. The number of esters is 1. The van der Waals surface area contributed by atoms with Crippen molar-refractivity contribution >= 4 is 31.6 Å². The minimum Gasteiger partial charge on any atom is -0.481 e. The van der Waals surface area contributed by atoms with Crippen LogP contribution in [0.2, 0.25) is 0 Å². The number of ether oxygens (including phenoxy) is 1. The van der Waals surface area contributed by atoms with Gasteiger partial charge >= 0.3 is 11.9 Å². The normalized spacial score (nSPS) is 25.0. The van der Waals surface area contributed by atoms with Crippen LogP contribution in [0.25, 0.3) is 0 Å². The lowest BCUT2D eigenvalue weighted by Crippen LogP contribution is -2.35. The van der Waals surface area contributed by atoms with Gasteiger partial charge in [-0.25, -0.2) is 16.8 Å². The molecule has 2 fully saturated rings. The van der Waals surface area contributed by atoms with Gasteiger partial charge in [0.1, 0.15) is 0 Å². The van der Waals surface area contributed by atoms with Gasteiger partial charge in [0.05, 0.1) is 39.9 Å². The molecule has 0 spiro atoms. The molecule has 0 aromatic carbocycles. The smallest absolute Gasteiger partial charge is 0.308 e. The quantitative estimate of drug-likeness (QED) is 0.453. The number of aliphatic hydroxyl groups excluding tert-OH is 1. The van der Waals surface area contributed by atoms with E-state index in [4.69, 9.17) is 14.9 Å². The van der Waals surface area contributed by atoms with Crippen molar-refractivity contribution in [2.75, 3.05) is 25.7 Å². The van der Waals surface area contributed by atoms with Gasteiger partial charge in [-0.05, 0) is 105 Å². The van der Waals surface area contributed by atoms with E-state index in [0.29, 0.717) is 25.7 Å². The highest BCUT2D eigenvalue weighted by Crippen LogP contribution is 2.33. The van der Waals surface area contributed by atoms with Crippen LogP contribution in [0.5, 0.6) is 0 Å². The van der Waals surface area contributed by atoms with Crippen LogP contribution in [0.3, 0.4) is 0 Å². The Morgan fingerprint density at radius 1 is 0.676 bits per heavy atom. The Labute approximate surface area is 224 Å². The molecule has 0 aromatic heterocycles. The molecule has 2 N–H and O–H groups in total. The second kappa shape index (κ2) is 14.8. The summed E-state index contributed by atoms with van der Waals surface area (Å²) in [4.78, 5) is 22.2. The molecule has 2 aliphatic rings. The molecular weight excluding hydrogens is 520 g/mol. The molecule has 2 aliphatic carbocycles. The Balaban J connectivity index is 0.000000657. The molecule has 11 heteroatoms. The number of carbonyl (C=O) groups excluding carboxylic acids is 1. The number of sulfone groups is 2. The van der Waals surface area contributed by atoms with Gasteiger partial charge < -0.3 is 14.9 Å². The SMILES string of the molecule is CC(C)(C)S(=O)(=O)CC1CCC(C(=O)O)CC1.CO.COC(=O)C1CCC(CS(=O)(=O)C(C)(C)C)CC1. The molecule has 0 bridgehead atoms. The Morgan fingerprint density at radius 3 is 1.22 bits per heavy atom. The first-order chi connectivity index (χ1) is 16.8. The molecule has 9 nitrogen and oxygen atoms in total. The lowest BCUT2D eigenvalue weighted by molar-refractivity contribution is -0.147. The van der Waals surface area contributed by atoms with Crippen molar-refractivity contribution in [2.24, 2.45) is 23.7 Å². The summed E-state index contributed by atoms with van der Waals surface area (Å²) in [6.45, 7) is 10.4. The van der Waals surface area contributed by atoms with Gasteiger partial charge in [-0.15, -0.1) is 0 Å². The summed E-state index contributed by atoms with van der Waals surface area (Å²) >= 11 is 0.